The van der Waals surface area contributed by atoms with Crippen LogP contribution in [0.2, 0.25) is 0 Å². The molecule has 0 saturated heterocycles. The summed E-state index contributed by atoms with van der Waals surface area (Å²) in [7, 11) is 0. The van der Waals surface area contributed by atoms with Gasteiger partial charge in [0.15, 0.2) is 23.1 Å². The zero-order valence-corrected chi connectivity index (χ0v) is 18.5. The van der Waals surface area contributed by atoms with E-state index in [-0.39, 0.29) is 29.9 Å². The molecule has 2 aromatic heterocycles. The Morgan fingerprint density at radius 1 is 1.03 bits per heavy atom. The second kappa shape index (κ2) is 9.61. The van der Waals surface area contributed by atoms with E-state index >= 15 is 0 Å². The molecule has 1 amide bonds. The summed E-state index contributed by atoms with van der Waals surface area (Å²) in [6.45, 7) is 3.12. The van der Waals surface area contributed by atoms with Crippen LogP contribution in [0.1, 0.15) is 33.3 Å². The van der Waals surface area contributed by atoms with Gasteiger partial charge in [0.2, 0.25) is 11.6 Å². The van der Waals surface area contributed by atoms with Gasteiger partial charge >= 0.3 is 0 Å². The van der Waals surface area contributed by atoms with Gasteiger partial charge in [-0.2, -0.15) is 13.9 Å². The van der Waals surface area contributed by atoms with Gasteiger partial charge in [-0.25, -0.2) is 13.2 Å². The summed E-state index contributed by atoms with van der Waals surface area (Å²) in [6, 6.07) is 8.74. The van der Waals surface area contributed by atoms with Crippen molar-refractivity contribution in [1.29, 1.82) is 0 Å². The zero-order valence-electron chi connectivity index (χ0n) is 18.5. The number of carbonyl (C=O) groups is 1. The number of ether oxygens (including phenoxy) is 1. The first-order valence-corrected chi connectivity index (χ1v) is 10.3. The van der Waals surface area contributed by atoms with Gasteiger partial charge in [-0.3, -0.25) is 9.48 Å². The maximum atomic E-state index is 13.7. The highest BCUT2D eigenvalue weighted by Gasteiger charge is 2.22. The molecule has 4 rings (SSSR count). The summed E-state index contributed by atoms with van der Waals surface area (Å²) in [5.41, 5.74) is 2.26. The van der Waals surface area contributed by atoms with Crippen molar-refractivity contribution in [1.82, 2.24) is 9.78 Å². The van der Waals surface area contributed by atoms with Gasteiger partial charge in [0, 0.05) is 6.07 Å². The summed E-state index contributed by atoms with van der Waals surface area (Å²) in [5, 5.41) is 7.06. The molecule has 2 aromatic carbocycles. The predicted octanol–water partition coefficient (Wildman–Crippen LogP) is 5.67. The molecule has 0 fully saturated rings. The number of aromatic nitrogens is 2. The van der Waals surface area contributed by atoms with Crippen LogP contribution in [0.25, 0.3) is 0 Å². The average Bonchev–Trinajstić information content (AvgIpc) is 3.38. The molecule has 0 bridgehead atoms. The number of benzene rings is 2. The van der Waals surface area contributed by atoms with E-state index in [1.54, 1.807) is 30.7 Å². The summed E-state index contributed by atoms with van der Waals surface area (Å²) in [6.07, 6.45) is 0. The Balaban J connectivity index is 1.45. The number of carbonyl (C=O) groups excluding carboxylic acids is 1. The first-order chi connectivity index (χ1) is 16.6. The molecule has 0 aliphatic heterocycles. The molecule has 0 aliphatic rings. The number of halogens is 5. The van der Waals surface area contributed by atoms with E-state index < -0.39 is 41.5 Å². The number of aryl methyl sites for hydroxylation is 1. The van der Waals surface area contributed by atoms with Gasteiger partial charge in [0.25, 0.3) is 5.91 Å². The lowest BCUT2D eigenvalue weighted by Gasteiger charge is -2.08. The fourth-order valence-electron chi connectivity index (χ4n) is 3.41. The van der Waals surface area contributed by atoms with Crippen molar-refractivity contribution >= 4 is 11.6 Å². The van der Waals surface area contributed by atoms with E-state index in [0.717, 1.165) is 0 Å². The first-order valence-electron chi connectivity index (χ1n) is 10.3. The molecule has 0 radical (unpaired) electrons. The maximum absolute atomic E-state index is 13.7. The smallest absolute Gasteiger partial charge is 0.291 e. The number of hydrogen-bond donors (Lipinski definition) is 1. The molecule has 0 unspecified atom stereocenters. The van der Waals surface area contributed by atoms with E-state index in [4.69, 9.17) is 9.15 Å². The van der Waals surface area contributed by atoms with Crippen molar-refractivity contribution in [2.45, 2.75) is 27.0 Å². The van der Waals surface area contributed by atoms with Crippen LogP contribution in [-0.4, -0.2) is 15.7 Å². The third-order valence-electron chi connectivity index (χ3n) is 5.16. The third-order valence-corrected chi connectivity index (χ3v) is 5.16. The summed E-state index contributed by atoms with van der Waals surface area (Å²) < 4.78 is 79.3. The molecule has 6 nitrogen and oxygen atoms in total. The monoisotopic (exact) mass is 491 g/mol. The van der Waals surface area contributed by atoms with E-state index in [1.165, 1.54) is 24.3 Å². The fraction of sp³-hybridized carbons (Fsp3) is 0.167. The Bertz CT molecular complexity index is 1390. The molecule has 0 spiro atoms. The summed E-state index contributed by atoms with van der Waals surface area (Å²) in [5.74, 6) is -9.00. The van der Waals surface area contributed by atoms with Crippen LogP contribution in [0, 0.1) is 42.9 Å². The van der Waals surface area contributed by atoms with Crippen LogP contribution < -0.4 is 10.1 Å². The highest BCUT2D eigenvalue weighted by molar-refractivity contribution is 6.02. The van der Waals surface area contributed by atoms with Crippen LogP contribution in [0.3, 0.4) is 0 Å². The Hall–Kier alpha value is -4.15. The van der Waals surface area contributed by atoms with Crippen molar-refractivity contribution in [2.75, 3.05) is 5.32 Å². The lowest BCUT2D eigenvalue weighted by atomic mass is 10.2. The van der Waals surface area contributed by atoms with Gasteiger partial charge in [-0.15, -0.1) is 0 Å². The molecule has 11 heteroatoms. The number of anilines is 1. The third kappa shape index (κ3) is 5.03. The Kier molecular flexibility index (Phi) is 6.59. The number of nitrogens with zero attached hydrogens (tertiary/aromatic N) is 2. The second-order valence-corrected chi connectivity index (χ2v) is 7.64. The Labute approximate surface area is 195 Å². The highest BCUT2D eigenvalue weighted by Crippen LogP contribution is 2.28. The minimum absolute atomic E-state index is 0.0196. The van der Waals surface area contributed by atoms with Crippen LogP contribution >= 0.6 is 0 Å². The number of amides is 1. The SMILES string of the molecule is Cc1nn(Cc2cccc(F)c2)c(C)c1NC(=O)c1ccc(COc2c(F)c(F)cc(F)c2F)o1. The second-order valence-electron chi connectivity index (χ2n) is 7.64. The molecule has 2 heterocycles. The molecule has 182 valence electrons. The lowest BCUT2D eigenvalue weighted by Crippen LogP contribution is -2.12. The van der Waals surface area contributed by atoms with Gasteiger partial charge in [-0.1, -0.05) is 12.1 Å². The Morgan fingerprint density at radius 3 is 2.43 bits per heavy atom. The summed E-state index contributed by atoms with van der Waals surface area (Å²) in [4.78, 5) is 12.7. The minimum Gasteiger partial charge on any atom is -0.479 e. The number of rotatable bonds is 7. The molecule has 35 heavy (non-hydrogen) atoms. The van der Waals surface area contributed by atoms with Crippen molar-refractivity contribution < 1.29 is 35.9 Å². The average molecular weight is 491 g/mol. The number of furan rings is 1. The lowest BCUT2D eigenvalue weighted by molar-refractivity contribution is 0.0992. The van der Waals surface area contributed by atoms with E-state index in [9.17, 15) is 26.7 Å². The molecule has 4 aromatic rings. The van der Waals surface area contributed by atoms with E-state index in [1.807, 2.05) is 0 Å². The molecule has 0 saturated carbocycles. The fourth-order valence-corrected chi connectivity index (χ4v) is 3.41. The topological polar surface area (TPSA) is 69.3 Å². The zero-order chi connectivity index (χ0) is 25.3. The molecule has 0 aliphatic carbocycles. The molecular formula is C24H18F5N3O3. The normalized spacial score (nSPS) is 11.1. The molecule has 1 N–H and O–H groups in total. The van der Waals surface area contributed by atoms with Gasteiger partial charge < -0.3 is 14.5 Å². The van der Waals surface area contributed by atoms with Crippen molar-refractivity contribution in [3.63, 3.8) is 0 Å². The van der Waals surface area contributed by atoms with Crippen molar-refractivity contribution in [3.8, 4) is 5.75 Å². The van der Waals surface area contributed by atoms with Crippen molar-refractivity contribution in [2.24, 2.45) is 0 Å². The Morgan fingerprint density at radius 2 is 1.74 bits per heavy atom. The van der Waals surface area contributed by atoms with E-state index in [2.05, 4.69) is 10.4 Å². The van der Waals surface area contributed by atoms with Crippen LogP contribution in [0.4, 0.5) is 27.6 Å². The highest BCUT2D eigenvalue weighted by atomic mass is 19.2. The molecular weight excluding hydrogens is 473 g/mol. The first kappa shape index (κ1) is 24.0. The van der Waals surface area contributed by atoms with Gasteiger partial charge in [0.1, 0.15) is 18.2 Å². The number of hydrogen-bond acceptors (Lipinski definition) is 4. The van der Waals surface area contributed by atoms with Crippen molar-refractivity contribution in [3.05, 3.63) is 100 Å². The van der Waals surface area contributed by atoms with Gasteiger partial charge in [-0.05, 0) is 43.7 Å². The largest absolute Gasteiger partial charge is 0.479 e. The summed E-state index contributed by atoms with van der Waals surface area (Å²) >= 11 is 0. The van der Waals surface area contributed by atoms with Crippen LogP contribution in [0.15, 0.2) is 46.9 Å². The minimum atomic E-state index is -1.69. The van der Waals surface area contributed by atoms with E-state index in [0.29, 0.717) is 22.6 Å². The number of nitrogens with one attached hydrogen (secondary N) is 1. The van der Waals surface area contributed by atoms with Crippen LogP contribution in [-0.2, 0) is 13.2 Å². The van der Waals surface area contributed by atoms with Gasteiger partial charge in [0.05, 0.1) is 23.6 Å². The standard InChI is InChI=1S/C24H18F5N3O3/c1-12-22(13(2)32(31-12)10-14-4-3-5-15(25)8-14)30-24(33)19-7-6-16(35-19)11-34-23-20(28)17(26)9-18(27)21(23)29/h3-9H,10-11H2,1-2H3,(H,30,33). The molecule has 0 atom stereocenters. The predicted molar refractivity (Wildman–Crippen MR) is 114 cm³/mol. The quantitative estimate of drug-likeness (QED) is 0.267. The maximum Gasteiger partial charge on any atom is 0.291 e. The van der Waals surface area contributed by atoms with Crippen LogP contribution in [0.5, 0.6) is 5.75 Å².